The van der Waals surface area contributed by atoms with Gasteiger partial charge in [0.1, 0.15) is 24.8 Å². The molecule has 2 fully saturated rings. The summed E-state index contributed by atoms with van der Waals surface area (Å²) in [6.45, 7) is 2.86. The quantitative estimate of drug-likeness (QED) is 0.539. The third-order valence-corrected chi connectivity index (χ3v) is 6.86. The molecular weight excluding hydrogens is 478 g/mol. The molecule has 6 rings (SSSR count). The Morgan fingerprint density at radius 2 is 2.00 bits per heavy atom. The highest BCUT2D eigenvalue weighted by Crippen LogP contribution is 2.35. The number of nitrogens with zero attached hydrogens (tertiary/aromatic N) is 4. The summed E-state index contributed by atoms with van der Waals surface area (Å²) in [5.41, 5.74) is 3.13. The number of rotatable bonds is 6. The predicted octanol–water partition coefficient (Wildman–Crippen LogP) is 2.38. The van der Waals surface area contributed by atoms with Gasteiger partial charge in [-0.05, 0) is 30.7 Å². The Morgan fingerprint density at radius 1 is 1.14 bits per heavy atom. The van der Waals surface area contributed by atoms with Gasteiger partial charge in [-0.2, -0.15) is 0 Å². The molecule has 192 valence electrons. The molecule has 0 bridgehead atoms. The second-order valence-electron chi connectivity index (χ2n) is 9.17. The number of methoxy groups -OCH3 is 1. The van der Waals surface area contributed by atoms with Crippen LogP contribution in [-0.4, -0.2) is 74.6 Å². The monoisotopic (exact) mass is 505 g/mol. The molecule has 37 heavy (non-hydrogen) atoms. The number of anilines is 2. The van der Waals surface area contributed by atoms with Crippen LogP contribution < -0.4 is 29.3 Å². The third kappa shape index (κ3) is 4.52. The number of amides is 2. The molecule has 5 heterocycles. The molecule has 2 atom stereocenters. The minimum absolute atomic E-state index is 0.0553. The number of fused-ring (bicyclic) bond motifs is 2. The van der Waals surface area contributed by atoms with E-state index in [1.54, 1.807) is 42.5 Å². The summed E-state index contributed by atoms with van der Waals surface area (Å²) in [7, 11) is 1.58. The van der Waals surface area contributed by atoms with Crippen LogP contribution in [0, 0.1) is 5.92 Å². The second-order valence-corrected chi connectivity index (χ2v) is 9.17. The Bertz CT molecular complexity index is 1350. The Kier molecular flexibility index (Phi) is 6.03. The largest absolute Gasteiger partial charge is 0.486 e. The van der Waals surface area contributed by atoms with Crippen LogP contribution in [0.5, 0.6) is 17.4 Å². The Labute approximate surface area is 213 Å². The number of ether oxygens (including phenoxy) is 4. The number of benzene rings is 1. The van der Waals surface area contributed by atoms with Gasteiger partial charge in [0, 0.05) is 31.4 Å². The van der Waals surface area contributed by atoms with Crippen molar-refractivity contribution in [2.45, 2.75) is 12.5 Å². The predicted molar refractivity (Wildman–Crippen MR) is 134 cm³/mol. The number of hydrogen-bond donors (Lipinski definition) is 1. The lowest BCUT2D eigenvalue weighted by Gasteiger charge is -2.21. The molecule has 1 unspecified atom stereocenters. The smallest absolute Gasteiger partial charge is 0.414 e. The first kappa shape index (κ1) is 23.1. The van der Waals surface area contributed by atoms with E-state index in [0.717, 1.165) is 23.3 Å². The number of nitrogens with one attached hydrogen (secondary N) is 1. The summed E-state index contributed by atoms with van der Waals surface area (Å²) in [4.78, 5) is 38.1. The highest BCUT2D eigenvalue weighted by Gasteiger charge is 2.35. The zero-order valence-corrected chi connectivity index (χ0v) is 20.4. The van der Waals surface area contributed by atoms with Crippen molar-refractivity contribution in [1.82, 2.24) is 15.3 Å². The van der Waals surface area contributed by atoms with Crippen LogP contribution in [0.25, 0.3) is 11.0 Å². The van der Waals surface area contributed by atoms with Gasteiger partial charge in [0.15, 0.2) is 11.5 Å². The number of cyclic esters (lactones) is 1. The first-order chi connectivity index (χ1) is 18.1. The van der Waals surface area contributed by atoms with E-state index in [0.29, 0.717) is 55.8 Å². The van der Waals surface area contributed by atoms with Crippen molar-refractivity contribution in [3.63, 3.8) is 0 Å². The van der Waals surface area contributed by atoms with Crippen LogP contribution in [-0.2, 0) is 9.53 Å². The Balaban J connectivity index is 1.06. The molecule has 3 aromatic rings. The average Bonchev–Trinajstić information content (AvgIpc) is 3.58. The van der Waals surface area contributed by atoms with Gasteiger partial charge >= 0.3 is 6.09 Å². The standard InChI is InChI=1S/C26H27N5O6/c1-34-23-5-3-19-24(29-23)20(6-8-27-19)30-9-7-16(14-30)25(32)28-13-18-15-31(26(33)37-18)17-2-4-21-22(12-17)36-11-10-35-21/h2-6,8,12,16,18H,7,9-11,13-15H2,1H3,(H,28,32)/t16?,18-/m1/s1. The molecule has 1 N–H and O–H groups in total. The highest BCUT2D eigenvalue weighted by atomic mass is 16.6. The molecule has 3 aliphatic heterocycles. The topological polar surface area (TPSA) is 115 Å². The molecule has 0 aliphatic carbocycles. The van der Waals surface area contributed by atoms with Gasteiger partial charge in [-0.15, -0.1) is 0 Å². The minimum Gasteiger partial charge on any atom is -0.486 e. The molecule has 11 nitrogen and oxygen atoms in total. The van der Waals surface area contributed by atoms with Crippen LogP contribution in [0.3, 0.4) is 0 Å². The number of carbonyl (C=O) groups is 2. The van der Waals surface area contributed by atoms with E-state index in [4.69, 9.17) is 18.9 Å². The molecule has 0 radical (unpaired) electrons. The van der Waals surface area contributed by atoms with Gasteiger partial charge in [0.25, 0.3) is 0 Å². The van der Waals surface area contributed by atoms with E-state index in [-0.39, 0.29) is 18.4 Å². The lowest BCUT2D eigenvalue weighted by Crippen LogP contribution is -2.39. The van der Waals surface area contributed by atoms with Gasteiger partial charge < -0.3 is 29.2 Å². The number of hydrogen-bond acceptors (Lipinski definition) is 9. The van der Waals surface area contributed by atoms with Crippen molar-refractivity contribution in [2.75, 3.05) is 56.3 Å². The van der Waals surface area contributed by atoms with Gasteiger partial charge in [-0.1, -0.05) is 0 Å². The molecule has 3 aliphatic rings. The van der Waals surface area contributed by atoms with Crippen LogP contribution >= 0.6 is 0 Å². The maximum atomic E-state index is 13.0. The lowest BCUT2D eigenvalue weighted by atomic mass is 10.1. The number of aromatic nitrogens is 2. The lowest BCUT2D eigenvalue weighted by molar-refractivity contribution is -0.124. The van der Waals surface area contributed by atoms with Gasteiger partial charge in [-0.3, -0.25) is 14.7 Å². The van der Waals surface area contributed by atoms with Crippen molar-refractivity contribution in [3.8, 4) is 17.4 Å². The van der Waals surface area contributed by atoms with E-state index in [9.17, 15) is 9.59 Å². The zero-order chi connectivity index (χ0) is 25.4. The van der Waals surface area contributed by atoms with Gasteiger partial charge in [-0.25, -0.2) is 9.78 Å². The number of pyridine rings is 2. The molecule has 11 heteroatoms. The summed E-state index contributed by atoms with van der Waals surface area (Å²) < 4.78 is 22.0. The van der Waals surface area contributed by atoms with Crippen LogP contribution in [0.15, 0.2) is 42.6 Å². The SMILES string of the molecule is COc1ccc2nccc(N3CCC(C(=O)NC[C@@H]4CN(c5ccc6c(c5)OCCO6)C(=O)O4)C3)c2n1. The summed E-state index contributed by atoms with van der Waals surface area (Å²) in [6, 6.07) is 10.9. The van der Waals surface area contributed by atoms with E-state index in [2.05, 4.69) is 20.2 Å². The van der Waals surface area contributed by atoms with Crippen molar-refractivity contribution in [3.05, 3.63) is 42.6 Å². The second kappa shape index (κ2) is 9.64. The van der Waals surface area contributed by atoms with Gasteiger partial charge in [0.05, 0.1) is 43.0 Å². The molecule has 2 aromatic heterocycles. The molecule has 1 aromatic carbocycles. The van der Waals surface area contributed by atoms with Crippen molar-refractivity contribution < 1.29 is 28.5 Å². The summed E-state index contributed by atoms with van der Waals surface area (Å²) >= 11 is 0. The van der Waals surface area contributed by atoms with Crippen LogP contribution in [0.4, 0.5) is 16.2 Å². The highest BCUT2D eigenvalue weighted by molar-refractivity contribution is 5.91. The van der Waals surface area contributed by atoms with Crippen molar-refractivity contribution in [1.29, 1.82) is 0 Å². The molecule has 0 spiro atoms. The van der Waals surface area contributed by atoms with E-state index >= 15 is 0 Å². The Hall–Kier alpha value is -4.28. The van der Waals surface area contributed by atoms with Crippen molar-refractivity contribution >= 4 is 34.4 Å². The fraction of sp³-hybridized carbons (Fsp3) is 0.385. The first-order valence-electron chi connectivity index (χ1n) is 12.3. The summed E-state index contributed by atoms with van der Waals surface area (Å²) in [5.74, 6) is 1.55. The summed E-state index contributed by atoms with van der Waals surface area (Å²) in [6.07, 6.45) is 1.58. The van der Waals surface area contributed by atoms with Crippen molar-refractivity contribution in [2.24, 2.45) is 5.92 Å². The number of carbonyl (C=O) groups excluding carboxylic acids is 2. The van der Waals surface area contributed by atoms with E-state index in [1.165, 1.54) is 0 Å². The van der Waals surface area contributed by atoms with Crippen LogP contribution in [0.2, 0.25) is 0 Å². The maximum Gasteiger partial charge on any atom is 0.414 e. The zero-order valence-electron chi connectivity index (χ0n) is 20.4. The minimum atomic E-state index is -0.449. The molecule has 2 saturated heterocycles. The maximum absolute atomic E-state index is 13.0. The van der Waals surface area contributed by atoms with E-state index < -0.39 is 12.2 Å². The first-order valence-corrected chi connectivity index (χ1v) is 12.3. The summed E-state index contributed by atoms with van der Waals surface area (Å²) in [5, 5.41) is 2.97. The third-order valence-electron chi connectivity index (χ3n) is 6.86. The van der Waals surface area contributed by atoms with E-state index in [1.807, 2.05) is 12.1 Å². The fourth-order valence-electron chi connectivity index (χ4n) is 4.95. The average molecular weight is 506 g/mol. The van der Waals surface area contributed by atoms with Crippen LogP contribution in [0.1, 0.15) is 6.42 Å². The molecular formula is C26H27N5O6. The molecule has 2 amide bonds. The normalized spacial score (nSPS) is 20.7. The van der Waals surface area contributed by atoms with Gasteiger partial charge in [0.2, 0.25) is 11.8 Å². The fourth-order valence-corrected chi connectivity index (χ4v) is 4.95. The molecule has 0 saturated carbocycles. The Morgan fingerprint density at radius 3 is 2.86 bits per heavy atom.